The van der Waals surface area contributed by atoms with Gasteiger partial charge in [-0.25, -0.2) is 4.79 Å². The maximum atomic E-state index is 13.5. The van der Waals surface area contributed by atoms with Crippen molar-refractivity contribution in [3.63, 3.8) is 0 Å². The molecule has 0 radical (unpaired) electrons. The summed E-state index contributed by atoms with van der Waals surface area (Å²) < 4.78 is 16.8. The summed E-state index contributed by atoms with van der Waals surface area (Å²) in [5.41, 5.74) is 6.76. The molecular formula is C40H24I8O6. The Labute approximate surface area is 422 Å². The first-order valence-corrected chi connectivity index (χ1v) is 24.2. The summed E-state index contributed by atoms with van der Waals surface area (Å²) in [7, 11) is 0. The number of carbonyl (C=O) groups is 1. The quantitative estimate of drug-likeness (QED) is 0.0718. The van der Waals surface area contributed by atoms with Gasteiger partial charge in [-0.3, -0.25) is 0 Å². The second-order valence-electron chi connectivity index (χ2n) is 12.1. The maximum absolute atomic E-state index is 13.5. The minimum Gasteiger partial charge on any atom is -0.506 e. The number of hydrogen-bond acceptors (Lipinski definition) is 6. The van der Waals surface area contributed by atoms with E-state index in [2.05, 4.69) is 195 Å². The number of phenols is 3. The van der Waals surface area contributed by atoms with Gasteiger partial charge in [-0.15, -0.1) is 0 Å². The van der Waals surface area contributed by atoms with Crippen molar-refractivity contribution in [3.8, 4) is 23.0 Å². The lowest BCUT2D eigenvalue weighted by atomic mass is 9.81. The van der Waals surface area contributed by atoms with E-state index in [0.29, 0.717) is 3.57 Å². The summed E-state index contributed by atoms with van der Waals surface area (Å²) in [5, 5.41) is 32.4. The normalized spacial score (nSPS) is 11.8. The van der Waals surface area contributed by atoms with Crippen LogP contribution in [0, 0.1) is 25.0 Å². The zero-order valence-electron chi connectivity index (χ0n) is 27.3. The number of phenolic OH excluding ortho intramolecular Hbond substituents is 3. The molecule has 6 nitrogen and oxygen atoms in total. The van der Waals surface area contributed by atoms with E-state index in [1.807, 2.05) is 83.7 Å². The number of benzene rings is 6. The van der Waals surface area contributed by atoms with E-state index in [4.69, 9.17) is 7.80 Å². The molecule has 1 atom stereocenters. The standard InChI is InChI=1S/C40H24I8O6/c41-27-11-22(10-26(36(27)49)40(52)53-18-19-4-2-1-3-5-19)34(25-16-32(46)39(54-48)33(47)17-25)20-6-8-21(9-7-20)35(23-12-28(42)37(50)29(43)13-23)24-14-30(44)38(51)31(45)15-24/h1-17,34-35,49-51H,18H2. The molecule has 0 aliphatic rings. The Kier molecular flexibility index (Phi) is 15.5. The molecule has 6 aromatic rings. The summed E-state index contributed by atoms with van der Waals surface area (Å²) in [4.78, 5) is 13.5. The zero-order valence-corrected chi connectivity index (χ0v) is 44.5. The molecule has 0 aromatic heterocycles. The highest BCUT2D eigenvalue weighted by Gasteiger charge is 2.27. The molecule has 6 rings (SSSR count). The Hall–Kier alpha value is -0.170. The van der Waals surface area contributed by atoms with Gasteiger partial charge in [-0.1, -0.05) is 54.6 Å². The van der Waals surface area contributed by atoms with E-state index in [9.17, 15) is 20.1 Å². The van der Waals surface area contributed by atoms with Crippen LogP contribution >= 0.6 is 181 Å². The summed E-state index contributed by atoms with van der Waals surface area (Å²) in [5.74, 6) is 0.0164. The molecule has 54 heavy (non-hydrogen) atoms. The van der Waals surface area contributed by atoms with Gasteiger partial charge in [0.25, 0.3) is 0 Å². The van der Waals surface area contributed by atoms with E-state index < -0.39 is 5.97 Å². The Bertz CT molecular complexity index is 2240. The Morgan fingerprint density at radius 2 is 0.870 bits per heavy atom. The van der Waals surface area contributed by atoms with E-state index in [0.717, 1.165) is 66.1 Å². The van der Waals surface area contributed by atoms with Crippen LogP contribution in [-0.4, -0.2) is 21.3 Å². The molecule has 3 N–H and O–H groups in total. The monoisotopic (exact) mass is 1620 g/mol. The average Bonchev–Trinajstić information content (AvgIpc) is 3.14. The van der Waals surface area contributed by atoms with Crippen molar-refractivity contribution in [1.29, 1.82) is 0 Å². The van der Waals surface area contributed by atoms with Crippen molar-refractivity contribution in [2.45, 2.75) is 18.4 Å². The highest BCUT2D eigenvalue weighted by molar-refractivity contribution is 14.1. The largest absolute Gasteiger partial charge is 0.506 e. The molecule has 0 aliphatic heterocycles. The van der Waals surface area contributed by atoms with Gasteiger partial charge in [0.1, 0.15) is 29.4 Å². The van der Waals surface area contributed by atoms with Gasteiger partial charge in [0.2, 0.25) is 0 Å². The first-order chi connectivity index (χ1) is 25.8. The third-order valence-corrected chi connectivity index (χ3v) is 14.8. The smallest absolute Gasteiger partial charge is 0.342 e. The van der Waals surface area contributed by atoms with Gasteiger partial charge < -0.3 is 23.1 Å². The van der Waals surface area contributed by atoms with Crippen LogP contribution in [0.3, 0.4) is 0 Å². The summed E-state index contributed by atoms with van der Waals surface area (Å²) in [6.45, 7) is 0.0817. The average molecular weight is 1620 g/mol. The minimum absolute atomic E-state index is 0.0817. The van der Waals surface area contributed by atoms with Crippen LogP contribution in [0.4, 0.5) is 0 Å². The number of hydrogen-bond donors (Lipinski definition) is 3. The molecule has 6 aromatic carbocycles. The molecular weight excluding hydrogens is 1590 g/mol. The Balaban J connectivity index is 1.49. The fraction of sp³-hybridized carbons (Fsp3) is 0.0750. The van der Waals surface area contributed by atoms with Gasteiger partial charge in [-0.2, -0.15) is 0 Å². The third kappa shape index (κ3) is 9.81. The second kappa shape index (κ2) is 19.3. The molecule has 0 aliphatic carbocycles. The number of esters is 1. The fourth-order valence-electron chi connectivity index (χ4n) is 6.10. The van der Waals surface area contributed by atoms with Crippen LogP contribution in [0.25, 0.3) is 0 Å². The van der Waals surface area contributed by atoms with Crippen molar-refractivity contribution in [3.05, 3.63) is 173 Å². The molecule has 0 saturated carbocycles. The predicted molar refractivity (Wildman–Crippen MR) is 278 cm³/mol. The lowest BCUT2D eigenvalue weighted by Gasteiger charge is -2.24. The third-order valence-electron chi connectivity index (χ3n) is 8.63. The van der Waals surface area contributed by atoms with E-state index in [1.54, 1.807) is 6.07 Å². The van der Waals surface area contributed by atoms with Gasteiger partial charge >= 0.3 is 5.97 Å². The van der Waals surface area contributed by atoms with Crippen LogP contribution in [0.15, 0.2) is 103 Å². The fourth-order valence-corrected chi connectivity index (χ4v) is 13.7. The number of ether oxygens (including phenoxy) is 1. The molecule has 14 heteroatoms. The molecule has 276 valence electrons. The minimum atomic E-state index is -0.609. The molecule has 0 fully saturated rings. The first kappa shape index (κ1) is 43.4. The van der Waals surface area contributed by atoms with Crippen molar-refractivity contribution >= 4 is 187 Å². The second-order valence-corrected chi connectivity index (χ2v) is 20.6. The molecule has 0 saturated heterocycles. The van der Waals surface area contributed by atoms with Crippen molar-refractivity contribution < 1.29 is 27.9 Å². The summed E-state index contributed by atoms with van der Waals surface area (Å²) >= 11 is 17.2. The summed E-state index contributed by atoms with van der Waals surface area (Å²) in [6, 6.07) is 33.7. The molecule has 0 bridgehead atoms. The number of rotatable bonds is 10. The molecule has 0 amide bonds. The van der Waals surface area contributed by atoms with Gasteiger partial charge in [-0.05, 0) is 246 Å². The lowest BCUT2D eigenvalue weighted by Crippen LogP contribution is -2.11. The molecule has 1 unspecified atom stereocenters. The van der Waals surface area contributed by atoms with Crippen LogP contribution in [0.1, 0.15) is 61.1 Å². The van der Waals surface area contributed by atoms with Gasteiger partial charge in [0.05, 0.1) is 25.0 Å². The topological polar surface area (TPSA) is 96.2 Å². The molecule has 0 spiro atoms. The number of halogens is 8. The highest BCUT2D eigenvalue weighted by atomic mass is 127. The summed E-state index contributed by atoms with van der Waals surface area (Å²) in [6.07, 6.45) is 0. The van der Waals surface area contributed by atoms with Crippen LogP contribution in [0.5, 0.6) is 23.0 Å². The lowest BCUT2D eigenvalue weighted by molar-refractivity contribution is 0.0469. The van der Waals surface area contributed by atoms with E-state index in [-0.39, 0.29) is 41.3 Å². The zero-order chi connectivity index (χ0) is 38.8. The highest BCUT2D eigenvalue weighted by Crippen LogP contribution is 2.43. The number of carbonyl (C=O) groups excluding carboxylic acids is 1. The predicted octanol–water partition coefficient (Wildman–Crippen LogP) is 13.5. The van der Waals surface area contributed by atoms with Crippen molar-refractivity contribution in [2.75, 3.05) is 0 Å². The van der Waals surface area contributed by atoms with Crippen LogP contribution in [0.2, 0.25) is 0 Å². The maximum Gasteiger partial charge on any atom is 0.342 e. The SMILES string of the molecule is O=C(OCc1ccccc1)c1cc(C(c2ccc(C(c3cc(I)c(O)c(I)c3)c3cc(I)c(O)c(I)c3)cc2)c2cc(I)c(OI)c(I)c2)cc(I)c1O. The first-order valence-electron chi connectivity index (χ1n) is 15.7. The van der Waals surface area contributed by atoms with E-state index >= 15 is 0 Å². The number of aromatic hydroxyl groups is 3. The van der Waals surface area contributed by atoms with E-state index in [1.165, 1.54) is 0 Å². The Morgan fingerprint density at radius 3 is 1.28 bits per heavy atom. The molecule has 0 heterocycles. The van der Waals surface area contributed by atoms with Crippen LogP contribution < -0.4 is 3.07 Å². The van der Waals surface area contributed by atoms with Crippen molar-refractivity contribution in [1.82, 2.24) is 0 Å². The van der Waals surface area contributed by atoms with Gasteiger partial charge in [0, 0.05) is 11.8 Å². The van der Waals surface area contributed by atoms with Crippen molar-refractivity contribution in [2.24, 2.45) is 0 Å². The van der Waals surface area contributed by atoms with Gasteiger partial charge in [0.15, 0.2) is 28.8 Å². The van der Waals surface area contributed by atoms with Crippen LogP contribution in [-0.2, 0) is 11.3 Å². The Morgan fingerprint density at radius 1 is 0.500 bits per heavy atom.